The highest BCUT2D eigenvalue weighted by Crippen LogP contribution is 2.17. The quantitative estimate of drug-likeness (QED) is 0.0302. The molecule has 0 unspecified atom stereocenters. The van der Waals surface area contributed by atoms with E-state index >= 15 is 0 Å². The minimum atomic E-state index is 0.289. The van der Waals surface area contributed by atoms with E-state index in [1.165, 1.54) is 141 Å². The third kappa shape index (κ3) is 38.5. The van der Waals surface area contributed by atoms with Gasteiger partial charge in [-0.05, 0) is 110 Å². The van der Waals surface area contributed by atoms with Crippen molar-refractivity contribution in [3.63, 3.8) is 0 Å². The third-order valence-corrected chi connectivity index (χ3v) is 8.44. The molecule has 0 aliphatic heterocycles. The highest BCUT2D eigenvalue weighted by atomic mass is 16.6. The fourth-order valence-corrected chi connectivity index (χ4v) is 5.47. The predicted molar refractivity (Wildman–Crippen MR) is 204 cm³/mol. The Kier molecular flexibility index (Phi) is 37.2. The van der Waals surface area contributed by atoms with Gasteiger partial charge in [0.25, 0.3) is 0 Å². The van der Waals surface area contributed by atoms with Gasteiger partial charge in [-0.3, -0.25) is 0 Å². The predicted octanol–water partition coefficient (Wildman–Crippen LogP) is 13.7. The summed E-state index contributed by atoms with van der Waals surface area (Å²) in [5, 5.41) is 4.35. The zero-order valence-electron chi connectivity index (χ0n) is 30.9. The highest BCUT2D eigenvalue weighted by molar-refractivity contribution is 5.56. The Morgan fingerprint density at radius 2 is 0.844 bits per heavy atom. The van der Waals surface area contributed by atoms with E-state index in [0.29, 0.717) is 0 Å². The van der Waals surface area contributed by atoms with Crippen LogP contribution in [-0.4, -0.2) is 37.9 Å². The van der Waals surface area contributed by atoms with Gasteiger partial charge in [0.05, 0.1) is 0 Å². The van der Waals surface area contributed by atoms with Gasteiger partial charge in [0.2, 0.25) is 0 Å². The van der Waals surface area contributed by atoms with Crippen molar-refractivity contribution < 1.29 is 4.84 Å². The summed E-state index contributed by atoms with van der Waals surface area (Å²) in [4.78, 5) is 8.19. The SMILES string of the molecule is CCCCC/C=C\C/C=C\CCCCCCCCC(CCCCCCCC/C=C\C/C=C\CCCCC)ON=CCCN(C)C. The lowest BCUT2D eigenvalue weighted by atomic mass is 10.0. The molecule has 0 fully saturated rings. The summed E-state index contributed by atoms with van der Waals surface area (Å²) in [6, 6.07) is 0. The Bertz CT molecular complexity index is 657. The number of nitrogens with zero attached hydrogens (tertiary/aromatic N) is 2. The van der Waals surface area contributed by atoms with Crippen LogP contribution < -0.4 is 0 Å². The summed E-state index contributed by atoms with van der Waals surface area (Å²) in [5.74, 6) is 0. The van der Waals surface area contributed by atoms with Gasteiger partial charge < -0.3 is 9.74 Å². The molecular weight excluding hydrogens is 548 g/mol. The van der Waals surface area contributed by atoms with E-state index in [-0.39, 0.29) is 6.10 Å². The van der Waals surface area contributed by atoms with Gasteiger partial charge in [0.1, 0.15) is 6.10 Å². The molecule has 3 heteroatoms. The molecule has 262 valence electrons. The Balaban J connectivity index is 3.92. The minimum Gasteiger partial charge on any atom is -0.393 e. The van der Waals surface area contributed by atoms with Crippen molar-refractivity contribution in [2.45, 2.75) is 193 Å². The van der Waals surface area contributed by atoms with Crippen molar-refractivity contribution in [2.75, 3.05) is 20.6 Å². The van der Waals surface area contributed by atoms with Crippen LogP contribution in [0, 0.1) is 0 Å². The van der Waals surface area contributed by atoms with Crippen LogP contribution in [0.15, 0.2) is 53.8 Å². The molecule has 0 amide bonds. The van der Waals surface area contributed by atoms with E-state index in [9.17, 15) is 0 Å². The Morgan fingerprint density at radius 1 is 0.467 bits per heavy atom. The molecule has 0 rings (SSSR count). The van der Waals surface area contributed by atoms with Crippen LogP contribution >= 0.6 is 0 Å². The molecule has 45 heavy (non-hydrogen) atoms. The van der Waals surface area contributed by atoms with Crippen molar-refractivity contribution >= 4 is 6.21 Å². The van der Waals surface area contributed by atoms with E-state index in [0.717, 1.165) is 38.6 Å². The van der Waals surface area contributed by atoms with Gasteiger partial charge in [-0.2, -0.15) is 0 Å². The summed E-state index contributed by atoms with van der Waals surface area (Å²) in [5.41, 5.74) is 0. The number of rotatable bonds is 35. The summed E-state index contributed by atoms with van der Waals surface area (Å²) in [6.45, 7) is 5.56. The topological polar surface area (TPSA) is 24.8 Å². The Hall–Kier alpha value is -1.61. The molecule has 0 bridgehead atoms. The standard InChI is InChI=1S/C42H78N2O/c1-5-7-9-11-13-15-17-19-21-23-25-27-29-31-33-35-38-42(45-43-40-37-41-44(3)4)39-36-34-32-30-28-26-24-22-20-18-16-14-12-10-8-6-2/h13-16,19-22,40,42H,5-12,17-18,23-39,41H2,1-4H3/b15-13-,16-14-,21-19-,22-20-,43-40?. The molecule has 0 aromatic carbocycles. The smallest absolute Gasteiger partial charge is 0.127 e. The van der Waals surface area contributed by atoms with Gasteiger partial charge in [0.15, 0.2) is 0 Å². The molecule has 0 saturated heterocycles. The average Bonchev–Trinajstić information content (AvgIpc) is 3.03. The first kappa shape index (κ1) is 43.4. The molecule has 0 aromatic heterocycles. The molecule has 0 N–H and O–H groups in total. The number of allylic oxidation sites excluding steroid dienone is 8. The second kappa shape index (κ2) is 38.6. The first-order valence-corrected chi connectivity index (χ1v) is 19.6. The summed E-state index contributed by atoms with van der Waals surface area (Å²) >= 11 is 0. The molecule has 3 nitrogen and oxygen atoms in total. The normalized spacial score (nSPS) is 12.7. The van der Waals surface area contributed by atoms with Crippen molar-refractivity contribution in [3.8, 4) is 0 Å². The average molecular weight is 627 g/mol. The van der Waals surface area contributed by atoms with Crippen LogP contribution in [0.4, 0.5) is 0 Å². The number of hydrogen-bond donors (Lipinski definition) is 0. The molecule has 0 heterocycles. The molecule has 0 aromatic rings. The maximum absolute atomic E-state index is 6.00. The number of unbranched alkanes of at least 4 members (excludes halogenated alkanes) is 18. The summed E-state index contributed by atoms with van der Waals surface area (Å²) < 4.78 is 0. The van der Waals surface area contributed by atoms with E-state index in [1.54, 1.807) is 0 Å². The monoisotopic (exact) mass is 627 g/mol. The lowest BCUT2D eigenvalue weighted by Crippen LogP contribution is -2.13. The van der Waals surface area contributed by atoms with Crippen molar-refractivity contribution in [3.05, 3.63) is 48.6 Å². The van der Waals surface area contributed by atoms with Gasteiger partial charge >= 0.3 is 0 Å². The van der Waals surface area contributed by atoms with Crippen LogP contribution in [0.3, 0.4) is 0 Å². The van der Waals surface area contributed by atoms with Crippen LogP contribution in [0.1, 0.15) is 187 Å². The zero-order valence-corrected chi connectivity index (χ0v) is 30.9. The van der Waals surface area contributed by atoms with Gasteiger partial charge in [-0.25, -0.2) is 0 Å². The first-order valence-electron chi connectivity index (χ1n) is 19.6. The third-order valence-electron chi connectivity index (χ3n) is 8.44. The molecule has 0 aliphatic rings. The second-order valence-electron chi connectivity index (χ2n) is 13.4. The molecular formula is C42H78N2O. The van der Waals surface area contributed by atoms with Crippen LogP contribution in [0.2, 0.25) is 0 Å². The van der Waals surface area contributed by atoms with Crippen molar-refractivity contribution in [1.29, 1.82) is 0 Å². The number of hydrogen-bond acceptors (Lipinski definition) is 3. The van der Waals surface area contributed by atoms with Crippen molar-refractivity contribution in [1.82, 2.24) is 4.90 Å². The minimum absolute atomic E-state index is 0.289. The van der Waals surface area contributed by atoms with Crippen LogP contribution in [0.25, 0.3) is 0 Å². The Morgan fingerprint density at radius 3 is 1.24 bits per heavy atom. The maximum atomic E-state index is 6.00. The highest BCUT2D eigenvalue weighted by Gasteiger charge is 2.09. The molecule has 0 spiro atoms. The fraction of sp³-hybridized carbons (Fsp3) is 0.786. The second-order valence-corrected chi connectivity index (χ2v) is 13.4. The lowest BCUT2D eigenvalue weighted by molar-refractivity contribution is 0.0436. The van der Waals surface area contributed by atoms with Gasteiger partial charge in [0, 0.05) is 12.8 Å². The molecule has 0 atom stereocenters. The Labute approximate surface area is 283 Å². The van der Waals surface area contributed by atoms with E-state index < -0.39 is 0 Å². The number of oxime groups is 1. The van der Waals surface area contributed by atoms with Gasteiger partial charge in [-0.1, -0.05) is 145 Å². The van der Waals surface area contributed by atoms with Crippen molar-refractivity contribution in [2.24, 2.45) is 5.16 Å². The van der Waals surface area contributed by atoms with Crippen LogP contribution in [0.5, 0.6) is 0 Å². The maximum Gasteiger partial charge on any atom is 0.127 e. The van der Waals surface area contributed by atoms with Crippen LogP contribution in [-0.2, 0) is 4.84 Å². The molecule has 0 saturated carbocycles. The zero-order chi connectivity index (χ0) is 32.7. The van der Waals surface area contributed by atoms with E-state index in [1.807, 2.05) is 6.21 Å². The molecule has 0 radical (unpaired) electrons. The summed E-state index contributed by atoms with van der Waals surface area (Å²) in [7, 11) is 4.21. The van der Waals surface area contributed by atoms with E-state index in [4.69, 9.17) is 4.84 Å². The van der Waals surface area contributed by atoms with E-state index in [2.05, 4.69) is 86.6 Å². The lowest BCUT2D eigenvalue weighted by Gasteiger charge is -2.15. The summed E-state index contributed by atoms with van der Waals surface area (Å²) in [6.07, 6.45) is 55.5. The first-order chi connectivity index (χ1) is 22.2. The largest absolute Gasteiger partial charge is 0.393 e. The molecule has 0 aliphatic carbocycles. The van der Waals surface area contributed by atoms with Gasteiger partial charge in [-0.15, -0.1) is 0 Å². The fourth-order valence-electron chi connectivity index (χ4n) is 5.47.